The molecule has 2 aromatic carbocycles. The Balaban J connectivity index is 1.49. The number of carbonyl (C=O) groups excluding carboxylic acids is 1. The number of hydrogen-bond donors (Lipinski definition) is 2. The average molecular weight is 470 g/mol. The zero-order valence-electron chi connectivity index (χ0n) is 17.3. The molecule has 1 amide bonds. The number of hydrogen-bond acceptors (Lipinski definition) is 6. The van der Waals surface area contributed by atoms with Gasteiger partial charge in [-0.2, -0.15) is 5.10 Å². The number of aromatic nitrogens is 4. The molecule has 0 spiro atoms. The molecule has 1 unspecified atom stereocenters. The maximum atomic E-state index is 12.6. The van der Waals surface area contributed by atoms with E-state index in [1.54, 1.807) is 36.9 Å². The van der Waals surface area contributed by atoms with Crippen LogP contribution in [-0.4, -0.2) is 38.0 Å². The van der Waals surface area contributed by atoms with Gasteiger partial charge in [0, 0.05) is 11.6 Å². The molecule has 0 aliphatic heterocycles. The molecular weight excluding hydrogens is 450 g/mol. The highest BCUT2D eigenvalue weighted by molar-refractivity contribution is 8.00. The first-order valence-electron chi connectivity index (χ1n) is 9.76. The van der Waals surface area contributed by atoms with Crippen LogP contribution in [0.15, 0.2) is 64.7 Å². The lowest BCUT2D eigenvalue weighted by Crippen LogP contribution is -2.30. The van der Waals surface area contributed by atoms with E-state index in [1.165, 1.54) is 18.0 Å². The van der Waals surface area contributed by atoms with Crippen LogP contribution in [0.3, 0.4) is 0 Å². The summed E-state index contributed by atoms with van der Waals surface area (Å²) in [5, 5.41) is 7.93. The number of H-pyrrole nitrogens is 1. The number of benzene rings is 2. The number of ether oxygens (including phenoxy) is 1. The van der Waals surface area contributed by atoms with Gasteiger partial charge in [-0.1, -0.05) is 41.6 Å². The maximum absolute atomic E-state index is 12.6. The number of thioether (sulfide) groups is 1. The zero-order chi connectivity index (χ0) is 22.7. The van der Waals surface area contributed by atoms with Crippen LogP contribution in [0.2, 0.25) is 5.02 Å². The smallest absolute Gasteiger partial charge is 0.262 e. The van der Waals surface area contributed by atoms with Crippen molar-refractivity contribution < 1.29 is 9.53 Å². The molecule has 32 heavy (non-hydrogen) atoms. The molecular formula is C22H20ClN5O3S. The summed E-state index contributed by atoms with van der Waals surface area (Å²) in [6.45, 7) is 2.14. The number of methoxy groups -OCH3 is 1. The number of carbonyl (C=O) groups is 1. The molecule has 0 saturated heterocycles. The van der Waals surface area contributed by atoms with Crippen molar-refractivity contribution in [3.8, 4) is 11.4 Å². The zero-order valence-corrected chi connectivity index (χ0v) is 18.9. The van der Waals surface area contributed by atoms with E-state index >= 15 is 0 Å². The highest BCUT2D eigenvalue weighted by Crippen LogP contribution is 2.22. The Morgan fingerprint density at radius 3 is 2.78 bits per heavy atom. The van der Waals surface area contributed by atoms with E-state index in [9.17, 15) is 9.59 Å². The van der Waals surface area contributed by atoms with Crippen molar-refractivity contribution in [2.24, 2.45) is 0 Å². The largest absolute Gasteiger partial charge is 0.497 e. The molecule has 0 aliphatic rings. The Hall–Kier alpha value is -3.30. The highest BCUT2D eigenvalue weighted by atomic mass is 35.5. The predicted octanol–water partition coefficient (Wildman–Crippen LogP) is 3.57. The van der Waals surface area contributed by atoms with Crippen LogP contribution >= 0.6 is 23.4 Å². The van der Waals surface area contributed by atoms with Crippen molar-refractivity contribution in [1.29, 1.82) is 0 Å². The first kappa shape index (κ1) is 21.9. The van der Waals surface area contributed by atoms with Crippen molar-refractivity contribution in [1.82, 2.24) is 25.1 Å². The highest BCUT2D eigenvalue weighted by Gasteiger charge is 2.18. The molecule has 2 heterocycles. The van der Waals surface area contributed by atoms with E-state index in [0.717, 1.165) is 11.3 Å². The Morgan fingerprint density at radius 2 is 2.06 bits per heavy atom. The monoisotopic (exact) mass is 469 g/mol. The topological polar surface area (TPSA) is 102 Å². The first-order chi connectivity index (χ1) is 15.4. The van der Waals surface area contributed by atoms with E-state index in [-0.39, 0.29) is 11.5 Å². The second-order valence-electron chi connectivity index (χ2n) is 6.97. The van der Waals surface area contributed by atoms with Gasteiger partial charge in [0.05, 0.1) is 24.2 Å². The van der Waals surface area contributed by atoms with Gasteiger partial charge in [0.2, 0.25) is 5.91 Å². The number of halogens is 1. The van der Waals surface area contributed by atoms with E-state index in [1.807, 2.05) is 30.3 Å². The number of nitrogens with zero attached hydrogens (tertiary/aromatic N) is 3. The van der Waals surface area contributed by atoms with Crippen LogP contribution in [0.25, 0.3) is 16.7 Å². The molecule has 164 valence electrons. The molecule has 1 atom stereocenters. The van der Waals surface area contributed by atoms with Gasteiger partial charge in [0.15, 0.2) is 10.8 Å². The Morgan fingerprint density at radius 1 is 1.28 bits per heavy atom. The summed E-state index contributed by atoms with van der Waals surface area (Å²) in [7, 11) is 1.60. The molecule has 2 aromatic heterocycles. The van der Waals surface area contributed by atoms with Gasteiger partial charge in [-0.15, -0.1) is 0 Å². The molecule has 2 N–H and O–H groups in total. The van der Waals surface area contributed by atoms with E-state index in [4.69, 9.17) is 16.3 Å². The Bertz CT molecular complexity index is 1320. The summed E-state index contributed by atoms with van der Waals surface area (Å²) in [6, 6.07) is 14.6. The minimum Gasteiger partial charge on any atom is -0.497 e. The van der Waals surface area contributed by atoms with Crippen LogP contribution in [0, 0.1) is 0 Å². The molecule has 8 nitrogen and oxygen atoms in total. The minimum atomic E-state index is -0.476. The summed E-state index contributed by atoms with van der Waals surface area (Å²) >= 11 is 7.25. The van der Waals surface area contributed by atoms with E-state index in [2.05, 4.69) is 20.4 Å². The van der Waals surface area contributed by atoms with Crippen molar-refractivity contribution in [3.05, 3.63) is 75.7 Å². The SMILES string of the molecule is COc1ccc(CNC(=O)C(C)Sc2nc3c(cnn3-c3cccc(Cl)c3)c(=O)[nH]2)cc1. The molecule has 0 aliphatic carbocycles. The average Bonchev–Trinajstić information content (AvgIpc) is 3.22. The summed E-state index contributed by atoms with van der Waals surface area (Å²) in [5.74, 6) is 0.586. The fourth-order valence-electron chi connectivity index (χ4n) is 3.05. The van der Waals surface area contributed by atoms with Gasteiger partial charge in [0.25, 0.3) is 5.56 Å². The van der Waals surface area contributed by atoms with Crippen molar-refractivity contribution in [3.63, 3.8) is 0 Å². The minimum absolute atomic E-state index is 0.170. The van der Waals surface area contributed by atoms with Gasteiger partial charge in [-0.25, -0.2) is 9.67 Å². The van der Waals surface area contributed by atoms with Crippen molar-refractivity contribution >= 4 is 40.3 Å². The molecule has 0 radical (unpaired) electrons. The molecule has 4 rings (SSSR count). The van der Waals surface area contributed by atoms with Crippen LogP contribution in [0.5, 0.6) is 5.75 Å². The summed E-state index contributed by atoms with van der Waals surface area (Å²) in [4.78, 5) is 32.3. The predicted molar refractivity (Wildman–Crippen MR) is 125 cm³/mol. The third kappa shape index (κ3) is 4.79. The standard InChI is InChI=1S/C22H20ClN5O3S/c1-13(20(29)24-11-14-6-8-17(31-2)9-7-14)32-22-26-19-18(21(30)27-22)12-25-28(19)16-5-3-4-15(23)10-16/h3-10,12-13H,11H2,1-2H3,(H,24,29)(H,26,27,30). The molecule has 4 aromatic rings. The first-order valence-corrected chi connectivity index (χ1v) is 11.0. The number of amides is 1. The van der Waals surface area contributed by atoms with Gasteiger partial charge >= 0.3 is 0 Å². The second-order valence-corrected chi connectivity index (χ2v) is 8.74. The lowest BCUT2D eigenvalue weighted by Gasteiger charge is -2.12. The quantitative estimate of drug-likeness (QED) is 0.317. The van der Waals surface area contributed by atoms with E-state index < -0.39 is 5.25 Å². The van der Waals surface area contributed by atoms with Gasteiger partial charge in [-0.3, -0.25) is 9.59 Å². The third-order valence-corrected chi connectivity index (χ3v) is 5.97. The molecule has 0 bridgehead atoms. The normalized spacial score (nSPS) is 12.0. The van der Waals surface area contributed by atoms with Crippen LogP contribution in [0.4, 0.5) is 0 Å². The van der Waals surface area contributed by atoms with E-state index in [0.29, 0.717) is 33.4 Å². The van der Waals surface area contributed by atoms with Crippen molar-refractivity contribution in [2.45, 2.75) is 23.9 Å². The summed E-state index contributed by atoms with van der Waals surface area (Å²) in [5.41, 5.74) is 1.71. The molecule has 10 heteroatoms. The number of aromatic amines is 1. The molecule has 0 fully saturated rings. The number of fused-ring (bicyclic) bond motifs is 1. The Labute approximate surface area is 193 Å². The maximum Gasteiger partial charge on any atom is 0.262 e. The second kappa shape index (κ2) is 9.46. The fraction of sp³-hybridized carbons (Fsp3) is 0.182. The number of nitrogens with one attached hydrogen (secondary N) is 2. The van der Waals surface area contributed by atoms with Crippen LogP contribution in [-0.2, 0) is 11.3 Å². The third-order valence-electron chi connectivity index (χ3n) is 4.75. The van der Waals surface area contributed by atoms with Crippen LogP contribution < -0.4 is 15.6 Å². The summed E-state index contributed by atoms with van der Waals surface area (Å²) < 4.78 is 6.69. The van der Waals surface area contributed by atoms with Gasteiger partial charge in [0.1, 0.15) is 11.1 Å². The van der Waals surface area contributed by atoms with Crippen molar-refractivity contribution in [2.75, 3.05) is 7.11 Å². The van der Waals surface area contributed by atoms with Gasteiger partial charge in [-0.05, 0) is 42.8 Å². The molecule has 0 saturated carbocycles. The lowest BCUT2D eigenvalue weighted by atomic mass is 10.2. The Kier molecular flexibility index (Phi) is 6.48. The summed E-state index contributed by atoms with van der Waals surface area (Å²) in [6.07, 6.45) is 1.46. The lowest BCUT2D eigenvalue weighted by molar-refractivity contribution is -0.120. The van der Waals surface area contributed by atoms with Gasteiger partial charge < -0.3 is 15.0 Å². The fourth-order valence-corrected chi connectivity index (χ4v) is 4.05. The number of rotatable bonds is 7. The van der Waals surface area contributed by atoms with Crippen LogP contribution in [0.1, 0.15) is 12.5 Å².